The molecule has 5 heteroatoms. The van der Waals surface area contributed by atoms with Crippen molar-refractivity contribution in [2.24, 2.45) is 23.7 Å². The van der Waals surface area contributed by atoms with Crippen molar-refractivity contribution in [1.82, 2.24) is 20.2 Å². The summed E-state index contributed by atoms with van der Waals surface area (Å²) < 4.78 is 2.09. The second-order valence-electron chi connectivity index (χ2n) is 7.00. The van der Waals surface area contributed by atoms with Gasteiger partial charge in [-0.05, 0) is 84.0 Å². The summed E-state index contributed by atoms with van der Waals surface area (Å²) in [4.78, 5) is 0. The van der Waals surface area contributed by atoms with Gasteiger partial charge in [-0.1, -0.05) is 0 Å². The molecule has 0 aliphatic heterocycles. The van der Waals surface area contributed by atoms with Crippen molar-refractivity contribution in [2.45, 2.75) is 32.2 Å². The van der Waals surface area contributed by atoms with Crippen LogP contribution in [0.25, 0.3) is 11.4 Å². The highest BCUT2D eigenvalue weighted by Gasteiger charge is 2.66. The van der Waals surface area contributed by atoms with Gasteiger partial charge in [0, 0.05) is 11.3 Å². The Balaban J connectivity index is 1.53. The molecular weight excluding hydrogens is 262 g/mol. The first-order valence-corrected chi connectivity index (χ1v) is 7.88. The van der Waals surface area contributed by atoms with E-state index in [2.05, 4.69) is 26.3 Å². The van der Waals surface area contributed by atoms with Crippen LogP contribution < -0.4 is 5.73 Å². The zero-order valence-electron chi connectivity index (χ0n) is 12.1. The van der Waals surface area contributed by atoms with Crippen LogP contribution in [0.4, 0.5) is 5.69 Å². The van der Waals surface area contributed by atoms with E-state index in [0.717, 1.165) is 46.3 Å². The summed E-state index contributed by atoms with van der Waals surface area (Å²) in [6, 6.07) is 6.60. The van der Waals surface area contributed by atoms with Crippen LogP contribution in [0.1, 0.15) is 30.9 Å². The number of aryl methyl sites for hydroxylation is 1. The van der Waals surface area contributed by atoms with Crippen molar-refractivity contribution in [3.8, 4) is 11.4 Å². The van der Waals surface area contributed by atoms with E-state index in [1.165, 1.54) is 19.3 Å². The van der Waals surface area contributed by atoms with Gasteiger partial charge in [0.05, 0.1) is 6.04 Å². The molecule has 2 aromatic rings. The molecule has 1 aromatic heterocycles. The van der Waals surface area contributed by atoms with Crippen LogP contribution in [0.15, 0.2) is 18.2 Å². The lowest BCUT2D eigenvalue weighted by molar-refractivity contribution is 0.427. The Labute approximate surface area is 123 Å². The molecule has 0 saturated heterocycles. The van der Waals surface area contributed by atoms with Gasteiger partial charge < -0.3 is 5.73 Å². The van der Waals surface area contributed by atoms with Crippen LogP contribution in [-0.4, -0.2) is 20.2 Å². The summed E-state index contributed by atoms with van der Waals surface area (Å²) in [5.41, 5.74) is 8.89. The zero-order valence-corrected chi connectivity index (χ0v) is 12.1. The maximum Gasteiger partial charge on any atom is 0.182 e. The number of nitrogens with two attached hydrogens (primary N) is 1. The Kier molecular flexibility index (Phi) is 2.14. The van der Waals surface area contributed by atoms with Crippen molar-refractivity contribution in [1.29, 1.82) is 0 Å². The minimum Gasteiger partial charge on any atom is -0.399 e. The van der Waals surface area contributed by atoms with Crippen LogP contribution in [0.2, 0.25) is 0 Å². The normalized spacial score (nSPS) is 36.0. The molecule has 3 fully saturated rings. The fraction of sp³-hybridized carbons (Fsp3) is 0.562. The molecule has 5 rings (SSSR count). The summed E-state index contributed by atoms with van der Waals surface area (Å²) >= 11 is 0. The molecule has 1 aromatic carbocycles. The number of hydrogen-bond donors (Lipinski definition) is 1. The molecule has 3 aliphatic rings. The van der Waals surface area contributed by atoms with Crippen LogP contribution in [0, 0.1) is 30.6 Å². The van der Waals surface area contributed by atoms with Gasteiger partial charge in [-0.2, -0.15) is 0 Å². The zero-order chi connectivity index (χ0) is 14.1. The highest BCUT2D eigenvalue weighted by Crippen LogP contribution is 2.71. The predicted molar refractivity (Wildman–Crippen MR) is 79.3 cm³/mol. The molecule has 0 amide bonds. The first-order chi connectivity index (χ1) is 10.2. The van der Waals surface area contributed by atoms with Gasteiger partial charge in [0.2, 0.25) is 0 Å². The van der Waals surface area contributed by atoms with Crippen LogP contribution in [-0.2, 0) is 0 Å². The van der Waals surface area contributed by atoms with Gasteiger partial charge in [-0.25, -0.2) is 4.68 Å². The fourth-order valence-electron chi connectivity index (χ4n) is 5.01. The number of fused-ring (bicyclic) bond motifs is 5. The van der Waals surface area contributed by atoms with E-state index >= 15 is 0 Å². The molecule has 1 heterocycles. The number of tetrazole rings is 1. The number of nitrogen functional groups attached to an aromatic ring is 1. The maximum atomic E-state index is 5.91. The molecule has 0 radical (unpaired) electrons. The molecule has 4 unspecified atom stereocenters. The van der Waals surface area contributed by atoms with E-state index in [1.807, 2.05) is 19.1 Å². The van der Waals surface area contributed by atoms with Crippen molar-refractivity contribution < 1.29 is 0 Å². The van der Waals surface area contributed by atoms with Gasteiger partial charge >= 0.3 is 0 Å². The smallest absolute Gasteiger partial charge is 0.182 e. The van der Waals surface area contributed by atoms with Crippen molar-refractivity contribution in [3.63, 3.8) is 0 Å². The summed E-state index contributed by atoms with van der Waals surface area (Å²) in [5.74, 6) is 4.42. The average Bonchev–Trinajstić information content (AvgIpc) is 2.90. The van der Waals surface area contributed by atoms with E-state index in [0.29, 0.717) is 6.04 Å². The molecule has 2 bridgehead atoms. The third kappa shape index (κ3) is 1.49. The number of nitrogens with zero attached hydrogens (tertiary/aromatic N) is 4. The summed E-state index contributed by atoms with van der Waals surface area (Å²) in [6.07, 6.45) is 4.28. The standard InChI is InChI=1S/C16H19N5/c1-8-6-11(4-5-12(8)17)16-18-19-20-21(16)15-13-9-2-3-10(7-9)14(13)15/h4-6,9-10,13-15H,2-3,7,17H2,1H3. The Morgan fingerprint density at radius 1 is 1.19 bits per heavy atom. The van der Waals surface area contributed by atoms with E-state index in [1.54, 1.807) is 0 Å². The number of hydrogen-bond acceptors (Lipinski definition) is 4. The lowest BCUT2D eigenvalue weighted by Crippen LogP contribution is -2.08. The highest BCUT2D eigenvalue weighted by molar-refractivity contribution is 5.62. The Morgan fingerprint density at radius 3 is 2.67 bits per heavy atom. The Morgan fingerprint density at radius 2 is 1.95 bits per heavy atom. The van der Waals surface area contributed by atoms with Gasteiger partial charge in [0.15, 0.2) is 5.82 Å². The summed E-state index contributed by atoms with van der Waals surface area (Å²) in [5, 5.41) is 12.5. The summed E-state index contributed by atoms with van der Waals surface area (Å²) in [6.45, 7) is 2.03. The van der Waals surface area contributed by atoms with Gasteiger partial charge in [-0.15, -0.1) is 5.10 Å². The quantitative estimate of drug-likeness (QED) is 0.858. The van der Waals surface area contributed by atoms with Gasteiger partial charge in [0.1, 0.15) is 0 Å². The number of rotatable bonds is 2. The number of anilines is 1. The largest absolute Gasteiger partial charge is 0.399 e. The number of benzene rings is 1. The van der Waals surface area contributed by atoms with Crippen molar-refractivity contribution in [3.05, 3.63) is 23.8 Å². The van der Waals surface area contributed by atoms with Crippen LogP contribution in [0.5, 0.6) is 0 Å². The highest BCUT2D eigenvalue weighted by atomic mass is 15.6. The van der Waals surface area contributed by atoms with E-state index in [9.17, 15) is 0 Å². The Hall–Kier alpha value is -1.91. The molecular formula is C16H19N5. The fourth-order valence-corrected chi connectivity index (χ4v) is 5.01. The van der Waals surface area contributed by atoms with Crippen LogP contribution in [0.3, 0.4) is 0 Å². The number of aromatic nitrogens is 4. The third-order valence-corrected chi connectivity index (χ3v) is 6.00. The van der Waals surface area contributed by atoms with E-state index in [-0.39, 0.29) is 0 Å². The first-order valence-electron chi connectivity index (χ1n) is 7.88. The van der Waals surface area contributed by atoms with E-state index < -0.39 is 0 Å². The molecule has 3 aliphatic carbocycles. The van der Waals surface area contributed by atoms with Gasteiger partial charge in [0.25, 0.3) is 0 Å². The lowest BCUT2D eigenvalue weighted by Gasteiger charge is -2.11. The van der Waals surface area contributed by atoms with Crippen LogP contribution >= 0.6 is 0 Å². The van der Waals surface area contributed by atoms with Gasteiger partial charge in [-0.3, -0.25) is 0 Å². The van der Waals surface area contributed by atoms with E-state index in [4.69, 9.17) is 5.73 Å². The molecule has 0 spiro atoms. The second kappa shape index (κ2) is 3.84. The second-order valence-corrected chi connectivity index (χ2v) is 7.00. The molecule has 3 saturated carbocycles. The van der Waals surface area contributed by atoms with Crippen molar-refractivity contribution >= 4 is 5.69 Å². The molecule has 5 nitrogen and oxygen atoms in total. The van der Waals surface area contributed by atoms with Crippen molar-refractivity contribution in [2.75, 3.05) is 5.73 Å². The third-order valence-electron chi connectivity index (χ3n) is 6.00. The topological polar surface area (TPSA) is 69.6 Å². The molecule has 21 heavy (non-hydrogen) atoms. The molecule has 108 valence electrons. The molecule has 2 N–H and O–H groups in total. The average molecular weight is 281 g/mol. The predicted octanol–water partition coefficient (Wildman–Crippen LogP) is 2.45. The first kappa shape index (κ1) is 11.7. The SMILES string of the molecule is Cc1cc(-c2nnnn2C2C3C4CCC(C4)C32)ccc1N. The monoisotopic (exact) mass is 281 g/mol. The lowest BCUT2D eigenvalue weighted by atomic mass is 10.0. The minimum atomic E-state index is 0.541. The minimum absolute atomic E-state index is 0.541. The molecule has 4 atom stereocenters. The summed E-state index contributed by atoms with van der Waals surface area (Å²) in [7, 11) is 0. The Bertz CT molecular complexity index is 705. The maximum absolute atomic E-state index is 5.91.